The minimum Gasteiger partial charge on any atom is -0.288 e. The molecule has 0 N–H and O–H groups in total. The zero-order valence-electron chi connectivity index (χ0n) is 18.1. The molecule has 2 aromatic heterocycles. The molecule has 4 aromatic rings. The SMILES string of the molecule is Cc1nn(C)cc1C=CC(=O)c1cnc(SCc2c(F)ccc(F)c2F)n1-c1ccc(F)cc1. The second-order valence-electron chi connectivity index (χ2n) is 7.39. The van der Waals surface area contributed by atoms with Crippen LogP contribution in [-0.2, 0) is 12.8 Å². The Morgan fingerprint density at radius 3 is 2.44 bits per heavy atom. The van der Waals surface area contributed by atoms with E-state index >= 15 is 0 Å². The lowest BCUT2D eigenvalue weighted by molar-refractivity contribution is 0.104. The lowest BCUT2D eigenvalue weighted by Crippen LogP contribution is -2.07. The molecule has 0 spiro atoms. The van der Waals surface area contributed by atoms with Gasteiger partial charge in [0.05, 0.1) is 11.9 Å². The van der Waals surface area contributed by atoms with Gasteiger partial charge in [-0.25, -0.2) is 22.5 Å². The molecule has 0 aliphatic carbocycles. The van der Waals surface area contributed by atoms with Crippen molar-refractivity contribution < 1.29 is 22.4 Å². The number of halogens is 4. The highest BCUT2D eigenvalue weighted by Gasteiger charge is 2.20. The van der Waals surface area contributed by atoms with Crippen LogP contribution in [0.1, 0.15) is 27.3 Å². The smallest absolute Gasteiger partial charge is 0.204 e. The third kappa shape index (κ3) is 4.81. The van der Waals surface area contributed by atoms with Gasteiger partial charge in [0, 0.05) is 35.8 Å². The number of hydrogen-bond acceptors (Lipinski definition) is 4. The molecule has 0 saturated carbocycles. The first-order chi connectivity index (χ1) is 16.2. The van der Waals surface area contributed by atoms with Gasteiger partial charge in [-0.2, -0.15) is 5.10 Å². The van der Waals surface area contributed by atoms with E-state index < -0.39 is 34.6 Å². The summed E-state index contributed by atoms with van der Waals surface area (Å²) < 4.78 is 58.3. The van der Waals surface area contributed by atoms with Gasteiger partial charge in [-0.1, -0.05) is 11.8 Å². The van der Waals surface area contributed by atoms with Crippen LogP contribution in [0, 0.1) is 30.2 Å². The van der Waals surface area contributed by atoms with Crippen LogP contribution in [0.3, 0.4) is 0 Å². The summed E-state index contributed by atoms with van der Waals surface area (Å²) in [5.74, 6) is -4.47. The van der Waals surface area contributed by atoms with Crippen LogP contribution in [0.5, 0.6) is 0 Å². The molecular formula is C24H18F4N4OS. The molecular weight excluding hydrogens is 468 g/mol. The minimum atomic E-state index is -1.28. The van der Waals surface area contributed by atoms with Crippen LogP contribution in [0.15, 0.2) is 60.0 Å². The quantitative estimate of drug-likeness (QED) is 0.111. The summed E-state index contributed by atoms with van der Waals surface area (Å²) in [4.78, 5) is 17.2. The zero-order chi connectivity index (χ0) is 24.4. The number of thioether (sulfide) groups is 1. The molecule has 0 aliphatic rings. The predicted octanol–water partition coefficient (Wildman–Crippen LogP) is 5.66. The average molecular weight is 486 g/mol. The van der Waals surface area contributed by atoms with Crippen molar-refractivity contribution in [2.24, 2.45) is 7.05 Å². The van der Waals surface area contributed by atoms with Crippen molar-refractivity contribution in [3.8, 4) is 5.69 Å². The summed E-state index contributed by atoms with van der Waals surface area (Å²) in [6.07, 6.45) is 6.07. The number of carbonyl (C=O) groups excluding carboxylic acids is 1. The third-order valence-electron chi connectivity index (χ3n) is 5.02. The van der Waals surface area contributed by atoms with E-state index in [1.807, 2.05) is 6.92 Å². The molecule has 2 heterocycles. The number of allylic oxidation sites excluding steroid dienone is 1. The number of rotatable bonds is 7. The van der Waals surface area contributed by atoms with E-state index in [0.29, 0.717) is 11.8 Å². The number of carbonyl (C=O) groups is 1. The Labute approximate surface area is 196 Å². The summed E-state index contributed by atoms with van der Waals surface area (Å²) in [5.41, 5.74) is 1.64. The van der Waals surface area contributed by atoms with Gasteiger partial charge in [-0.15, -0.1) is 0 Å². The molecule has 0 radical (unpaired) electrons. The lowest BCUT2D eigenvalue weighted by Gasteiger charge is -2.11. The molecule has 174 valence electrons. The van der Waals surface area contributed by atoms with E-state index in [1.54, 1.807) is 24.0 Å². The van der Waals surface area contributed by atoms with Gasteiger partial charge >= 0.3 is 0 Å². The van der Waals surface area contributed by atoms with E-state index in [0.717, 1.165) is 29.1 Å². The average Bonchev–Trinajstić information content (AvgIpc) is 3.37. The fourth-order valence-electron chi connectivity index (χ4n) is 3.32. The maximum Gasteiger partial charge on any atom is 0.204 e. The number of aryl methyl sites for hydroxylation is 2. The van der Waals surface area contributed by atoms with Crippen LogP contribution in [0.4, 0.5) is 17.6 Å². The summed E-state index contributed by atoms with van der Waals surface area (Å²) >= 11 is 0.916. The lowest BCUT2D eigenvalue weighted by atomic mass is 10.2. The number of aromatic nitrogens is 4. The summed E-state index contributed by atoms with van der Waals surface area (Å²) in [5, 5.41) is 4.45. The van der Waals surface area contributed by atoms with Gasteiger partial charge < -0.3 is 0 Å². The summed E-state index contributed by atoms with van der Waals surface area (Å²) in [7, 11) is 1.77. The number of nitrogens with zero attached hydrogens (tertiary/aromatic N) is 4. The summed E-state index contributed by atoms with van der Waals surface area (Å²) in [6, 6.07) is 6.91. The summed E-state index contributed by atoms with van der Waals surface area (Å²) in [6.45, 7) is 1.81. The van der Waals surface area contributed by atoms with Gasteiger partial charge in [-0.3, -0.25) is 14.0 Å². The number of imidazole rings is 1. The first-order valence-corrected chi connectivity index (χ1v) is 11.0. The van der Waals surface area contributed by atoms with Gasteiger partial charge in [0.25, 0.3) is 0 Å². The molecule has 0 amide bonds. The van der Waals surface area contributed by atoms with Crippen molar-refractivity contribution in [3.63, 3.8) is 0 Å². The molecule has 0 unspecified atom stereocenters. The molecule has 34 heavy (non-hydrogen) atoms. The molecule has 0 saturated heterocycles. The molecule has 2 aromatic carbocycles. The molecule has 4 rings (SSSR count). The molecule has 0 atom stereocenters. The minimum absolute atomic E-state index is 0.159. The highest BCUT2D eigenvalue weighted by Crippen LogP contribution is 2.29. The Morgan fingerprint density at radius 1 is 1.06 bits per heavy atom. The largest absolute Gasteiger partial charge is 0.288 e. The Bertz CT molecular complexity index is 1390. The number of ketones is 1. The standard InChI is InChI=1S/C24H18F4N4OS/c1-14-15(12-31(2)30-14)3-10-22(33)21-11-29-24(32(21)17-6-4-16(25)5-7-17)34-13-18-19(26)8-9-20(27)23(18)28/h3-12H,13H2,1-2H3. The number of benzene rings is 2. The van der Waals surface area contributed by atoms with E-state index in [9.17, 15) is 22.4 Å². The second kappa shape index (κ2) is 9.68. The van der Waals surface area contributed by atoms with Crippen LogP contribution < -0.4 is 0 Å². The Hall–Kier alpha value is -3.66. The normalized spacial score (nSPS) is 11.5. The van der Waals surface area contributed by atoms with Crippen molar-refractivity contribution in [2.75, 3.05) is 0 Å². The molecule has 0 aliphatic heterocycles. The van der Waals surface area contributed by atoms with Gasteiger partial charge in [0.1, 0.15) is 17.3 Å². The van der Waals surface area contributed by atoms with E-state index in [1.165, 1.54) is 41.1 Å². The highest BCUT2D eigenvalue weighted by atomic mass is 32.2. The fraction of sp³-hybridized carbons (Fsp3) is 0.125. The van der Waals surface area contributed by atoms with Crippen molar-refractivity contribution in [1.29, 1.82) is 0 Å². The molecule has 10 heteroatoms. The van der Waals surface area contributed by atoms with E-state index in [4.69, 9.17) is 0 Å². The zero-order valence-corrected chi connectivity index (χ0v) is 18.9. The Kier molecular flexibility index (Phi) is 6.69. The monoisotopic (exact) mass is 486 g/mol. The van der Waals surface area contributed by atoms with Gasteiger partial charge in [-0.05, 0) is 55.5 Å². The topological polar surface area (TPSA) is 52.7 Å². The van der Waals surface area contributed by atoms with E-state index in [-0.39, 0.29) is 16.6 Å². The highest BCUT2D eigenvalue weighted by molar-refractivity contribution is 7.98. The van der Waals surface area contributed by atoms with Crippen LogP contribution in [0.25, 0.3) is 11.8 Å². The van der Waals surface area contributed by atoms with Crippen molar-refractivity contribution in [2.45, 2.75) is 17.8 Å². The van der Waals surface area contributed by atoms with Crippen LogP contribution in [-0.4, -0.2) is 25.1 Å². The van der Waals surface area contributed by atoms with Crippen molar-refractivity contribution in [3.05, 3.63) is 101 Å². The van der Waals surface area contributed by atoms with E-state index in [2.05, 4.69) is 10.1 Å². The van der Waals surface area contributed by atoms with Crippen LogP contribution >= 0.6 is 11.8 Å². The Morgan fingerprint density at radius 2 is 1.76 bits per heavy atom. The van der Waals surface area contributed by atoms with Crippen LogP contribution in [0.2, 0.25) is 0 Å². The molecule has 5 nitrogen and oxygen atoms in total. The van der Waals surface area contributed by atoms with Gasteiger partial charge in [0.15, 0.2) is 16.8 Å². The second-order valence-corrected chi connectivity index (χ2v) is 8.33. The van der Waals surface area contributed by atoms with Gasteiger partial charge in [0.2, 0.25) is 5.78 Å². The van der Waals surface area contributed by atoms with Crippen molar-refractivity contribution >= 4 is 23.6 Å². The first kappa shape index (κ1) is 23.5. The number of hydrogen-bond donors (Lipinski definition) is 0. The maximum absolute atomic E-state index is 14.1. The predicted molar refractivity (Wildman–Crippen MR) is 121 cm³/mol. The molecule has 0 bridgehead atoms. The van der Waals surface area contributed by atoms with Crippen molar-refractivity contribution in [1.82, 2.24) is 19.3 Å². The molecule has 0 fully saturated rings. The Balaban J connectivity index is 1.69. The fourth-order valence-corrected chi connectivity index (χ4v) is 4.32. The maximum atomic E-state index is 14.1. The third-order valence-corrected chi connectivity index (χ3v) is 6.00. The first-order valence-electron chi connectivity index (χ1n) is 10.1.